The molecule has 2 aliphatic rings. The standard InChI is InChI=1S/C28H28F4N4O4/c1-2-35-26-23(21(15-37)34-36(26)20-10-12-40-13-11-20)22(16-6-8-19(29)9-7-16)24(27(35)39)33-25(38)17-4-3-5-18(14-17)28(30,31)32/h3-9,14,20,22,24,37H,2,10-13,15H2,1H3,(H,33,38)/t22-,24-/m1/s1. The molecule has 3 aromatic rings. The Labute approximate surface area is 227 Å². The highest BCUT2D eigenvalue weighted by Gasteiger charge is 2.46. The molecule has 0 bridgehead atoms. The van der Waals surface area contributed by atoms with Gasteiger partial charge in [0.05, 0.1) is 23.9 Å². The Kier molecular flexibility index (Phi) is 7.65. The second kappa shape index (κ2) is 11.0. The van der Waals surface area contributed by atoms with Crippen LogP contribution in [0.1, 0.15) is 64.5 Å². The molecule has 0 saturated carbocycles. The van der Waals surface area contributed by atoms with Gasteiger partial charge in [-0.2, -0.15) is 18.3 Å². The number of ether oxygens (including phenoxy) is 1. The third-order valence-electron chi connectivity index (χ3n) is 7.40. The lowest BCUT2D eigenvalue weighted by Gasteiger charge is -2.39. The van der Waals surface area contributed by atoms with E-state index in [1.165, 1.54) is 35.2 Å². The maximum absolute atomic E-state index is 14.0. The zero-order valence-electron chi connectivity index (χ0n) is 21.6. The number of hydrogen-bond donors (Lipinski definition) is 2. The summed E-state index contributed by atoms with van der Waals surface area (Å²) >= 11 is 0. The molecule has 212 valence electrons. The Morgan fingerprint density at radius 3 is 2.48 bits per heavy atom. The summed E-state index contributed by atoms with van der Waals surface area (Å²) in [7, 11) is 0. The van der Waals surface area contributed by atoms with Crippen LogP contribution in [0.4, 0.5) is 23.4 Å². The second-order valence-electron chi connectivity index (χ2n) is 9.77. The minimum atomic E-state index is -4.66. The molecule has 2 amide bonds. The van der Waals surface area contributed by atoms with E-state index in [2.05, 4.69) is 10.4 Å². The number of carbonyl (C=O) groups is 2. The summed E-state index contributed by atoms with van der Waals surface area (Å²) in [6, 6.07) is 7.97. The smallest absolute Gasteiger partial charge is 0.390 e. The molecule has 2 N–H and O–H groups in total. The summed E-state index contributed by atoms with van der Waals surface area (Å²) in [6.45, 7) is 2.51. The molecule has 0 radical (unpaired) electrons. The average Bonchev–Trinajstić information content (AvgIpc) is 3.33. The van der Waals surface area contributed by atoms with Crippen LogP contribution in [0.5, 0.6) is 0 Å². The summed E-state index contributed by atoms with van der Waals surface area (Å²) in [4.78, 5) is 28.8. The van der Waals surface area contributed by atoms with Gasteiger partial charge < -0.3 is 15.2 Å². The van der Waals surface area contributed by atoms with Crippen LogP contribution in [0.25, 0.3) is 0 Å². The molecule has 5 rings (SSSR count). The van der Waals surface area contributed by atoms with Crippen molar-refractivity contribution in [1.29, 1.82) is 0 Å². The first-order valence-electron chi connectivity index (χ1n) is 13.0. The van der Waals surface area contributed by atoms with Crippen LogP contribution in [0.15, 0.2) is 48.5 Å². The van der Waals surface area contributed by atoms with Crippen molar-refractivity contribution in [1.82, 2.24) is 15.1 Å². The Morgan fingerprint density at radius 2 is 1.85 bits per heavy atom. The summed E-state index contributed by atoms with van der Waals surface area (Å²) < 4.78 is 61.0. The van der Waals surface area contributed by atoms with Crippen molar-refractivity contribution in [3.05, 3.63) is 82.3 Å². The van der Waals surface area contributed by atoms with Gasteiger partial charge in [0, 0.05) is 36.8 Å². The summed E-state index contributed by atoms with van der Waals surface area (Å²) in [6.07, 6.45) is -3.38. The quantitative estimate of drug-likeness (QED) is 0.441. The van der Waals surface area contributed by atoms with E-state index < -0.39 is 47.9 Å². The van der Waals surface area contributed by atoms with Gasteiger partial charge in [-0.3, -0.25) is 14.5 Å². The lowest BCUT2D eigenvalue weighted by Crippen LogP contribution is -2.55. The molecular formula is C28H28F4N4O4. The topological polar surface area (TPSA) is 96.7 Å². The molecule has 40 heavy (non-hydrogen) atoms. The number of benzene rings is 2. The third kappa shape index (κ3) is 5.08. The fourth-order valence-electron chi connectivity index (χ4n) is 5.50. The van der Waals surface area contributed by atoms with Crippen molar-refractivity contribution < 1.29 is 37.0 Å². The van der Waals surface area contributed by atoms with Gasteiger partial charge in [0.25, 0.3) is 11.8 Å². The van der Waals surface area contributed by atoms with Crippen LogP contribution in [-0.4, -0.2) is 52.5 Å². The van der Waals surface area contributed by atoms with Crippen LogP contribution in [0, 0.1) is 5.82 Å². The van der Waals surface area contributed by atoms with E-state index in [-0.39, 0.29) is 18.2 Å². The SMILES string of the molecule is CCN1C(=O)[C@H](NC(=O)c2cccc(C(F)(F)F)c2)[C@H](c2ccc(F)cc2)c2c(CO)nn(C3CCOCC3)c21. The van der Waals surface area contributed by atoms with E-state index in [0.29, 0.717) is 48.7 Å². The molecule has 1 fully saturated rings. The highest BCUT2D eigenvalue weighted by molar-refractivity contribution is 6.05. The zero-order valence-corrected chi connectivity index (χ0v) is 21.6. The number of nitrogens with one attached hydrogen (secondary N) is 1. The molecule has 2 atom stereocenters. The molecule has 8 nitrogen and oxygen atoms in total. The maximum Gasteiger partial charge on any atom is 0.416 e. The zero-order chi connectivity index (χ0) is 28.6. The van der Waals surface area contributed by atoms with Gasteiger partial charge in [0.2, 0.25) is 0 Å². The Bertz CT molecular complexity index is 1400. The van der Waals surface area contributed by atoms with E-state index >= 15 is 0 Å². The number of anilines is 1. The molecule has 0 spiro atoms. The fraction of sp³-hybridized carbons (Fsp3) is 0.393. The Balaban J connectivity index is 1.63. The number of carbonyl (C=O) groups excluding carboxylic acids is 2. The number of halogens is 4. The van der Waals surface area contributed by atoms with Gasteiger partial charge >= 0.3 is 6.18 Å². The van der Waals surface area contributed by atoms with Gasteiger partial charge in [-0.05, 0) is 55.7 Å². The number of aromatic nitrogens is 2. The number of rotatable bonds is 6. The van der Waals surface area contributed by atoms with Gasteiger partial charge in [0.1, 0.15) is 17.7 Å². The van der Waals surface area contributed by atoms with Crippen LogP contribution in [-0.2, 0) is 22.3 Å². The third-order valence-corrected chi connectivity index (χ3v) is 7.40. The number of nitrogens with zero attached hydrogens (tertiary/aromatic N) is 3. The van der Waals surface area contributed by atoms with Crippen LogP contribution in [0.2, 0.25) is 0 Å². The van der Waals surface area contributed by atoms with Gasteiger partial charge in [-0.1, -0.05) is 18.2 Å². The first-order valence-corrected chi connectivity index (χ1v) is 13.0. The van der Waals surface area contributed by atoms with Crippen LogP contribution >= 0.6 is 0 Å². The normalized spacial score (nSPS) is 19.9. The van der Waals surface area contributed by atoms with Gasteiger partial charge in [-0.25, -0.2) is 9.07 Å². The second-order valence-corrected chi connectivity index (χ2v) is 9.77. The first kappa shape index (κ1) is 27.8. The molecule has 2 aliphatic heterocycles. The van der Waals surface area contributed by atoms with Gasteiger partial charge in [0.15, 0.2) is 0 Å². The van der Waals surface area contributed by atoms with Crippen molar-refractivity contribution in [3.63, 3.8) is 0 Å². The predicted octanol–water partition coefficient (Wildman–Crippen LogP) is 4.18. The maximum atomic E-state index is 14.0. The van der Waals surface area contributed by atoms with Crippen LogP contribution in [0.3, 0.4) is 0 Å². The number of fused-ring (bicyclic) bond motifs is 1. The van der Waals surface area contributed by atoms with Crippen molar-refractivity contribution in [2.75, 3.05) is 24.7 Å². The molecular weight excluding hydrogens is 532 g/mol. The number of alkyl halides is 3. The molecule has 1 aromatic heterocycles. The summed E-state index contributed by atoms with van der Waals surface area (Å²) in [5.74, 6) is -2.30. The molecule has 0 aliphatic carbocycles. The van der Waals surface area contributed by atoms with Crippen molar-refractivity contribution in [2.45, 2.75) is 50.6 Å². The predicted molar refractivity (Wildman–Crippen MR) is 136 cm³/mol. The monoisotopic (exact) mass is 560 g/mol. The lowest BCUT2D eigenvalue weighted by molar-refractivity contribution is -0.137. The summed E-state index contributed by atoms with van der Waals surface area (Å²) in [5.41, 5.74) is -0.00334. The van der Waals surface area contributed by atoms with E-state index in [0.717, 1.165) is 18.2 Å². The van der Waals surface area contributed by atoms with E-state index in [9.17, 15) is 32.3 Å². The largest absolute Gasteiger partial charge is 0.416 e. The Hall–Kier alpha value is -3.77. The van der Waals surface area contributed by atoms with Crippen LogP contribution < -0.4 is 10.2 Å². The Morgan fingerprint density at radius 1 is 1.15 bits per heavy atom. The number of likely N-dealkylation sites (N-methyl/N-ethyl adjacent to an activating group) is 1. The van der Waals surface area contributed by atoms with Gasteiger partial charge in [-0.15, -0.1) is 0 Å². The minimum Gasteiger partial charge on any atom is -0.390 e. The molecule has 2 aromatic carbocycles. The fourth-order valence-corrected chi connectivity index (χ4v) is 5.50. The van der Waals surface area contributed by atoms with E-state index in [1.807, 2.05) is 0 Å². The molecule has 0 unspecified atom stereocenters. The highest BCUT2D eigenvalue weighted by atomic mass is 19.4. The number of aliphatic hydroxyl groups excluding tert-OH is 1. The molecule has 12 heteroatoms. The van der Waals surface area contributed by atoms with Crippen molar-refractivity contribution >= 4 is 17.6 Å². The molecule has 3 heterocycles. The number of aliphatic hydroxyl groups is 1. The first-order chi connectivity index (χ1) is 19.1. The number of amides is 2. The average molecular weight is 561 g/mol. The number of hydrogen-bond acceptors (Lipinski definition) is 5. The minimum absolute atomic E-state index is 0.102. The summed E-state index contributed by atoms with van der Waals surface area (Å²) in [5, 5.41) is 17.7. The van der Waals surface area contributed by atoms with E-state index in [4.69, 9.17) is 4.74 Å². The van der Waals surface area contributed by atoms with Crippen molar-refractivity contribution in [2.24, 2.45) is 0 Å². The lowest BCUT2D eigenvalue weighted by atomic mass is 9.80. The highest BCUT2D eigenvalue weighted by Crippen LogP contribution is 2.44. The van der Waals surface area contributed by atoms with E-state index in [1.54, 1.807) is 11.6 Å². The van der Waals surface area contributed by atoms with Crippen molar-refractivity contribution in [3.8, 4) is 0 Å². The molecule has 1 saturated heterocycles.